The molecule has 2 heterocycles. The summed E-state index contributed by atoms with van der Waals surface area (Å²) in [7, 11) is 0. The van der Waals surface area contributed by atoms with E-state index in [-0.39, 0.29) is 13.0 Å². The van der Waals surface area contributed by atoms with Crippen LogP contribution < -0.4 is 0 Å². The van der Waals surface area contributed by atoms with E-state index in [2.05, 4.69) is 23.8 Å². The topological polar surface area (TPSA) is 29.0 Å². The van der Waals surface area contributed by atoms with Crippen LogP contribution >= 0.6 is 0 Å². The highest BCUT2D eigenvalue weighted by Gasteiger charge is 2.38. The predicted octanol–water partition coefficient (Wildman–Crippen LogP) is 3.14. The molecular weight excluding hydrogens is 272 g/mol. The smallest absolute Gasteiger partial charge is 0.261 e. The van der Waals surface area contributed by atoms with Crippen LogP contribution in [0.25, 0.3) is 0 Å². The van der Waals surface area contributed by atoms with E-state index < -0.39 is 5.92 Å². The molecule has 0 atom stereocenters. The molecule has 0 radical (unpaired) electrons. The molecule has 21 heavy (non-hydrogen) atoms. The van der Waals surface area contributed by atoms with Gasteiger partial charge in [-0.15, -0.1) is 0 Å². The third-order valence-electron chi connectivity index (χ3n) is 4.65. The molecule has 3 rings (SSSR count). The zero-order valence-electron chi connectivity index (χ0n) is 13.0. The number of aryl methyl sites for hydroxylation is 2. The molecule has 0 N–H and O–H groups in total. The van der Waals surface area contributed by atoms with E-state index in [9.17, 15) is 8.78 Å². The quantitative estimate of drug-likeness (QED) is 0.839. The van der Waals surface area contributed by atoms with Crippen LogP contribution in [0.1, 0.15) is 49.5 Å². The van der Waals surface area contributed by atoms with Gasteiger partial charge in [0.15, 0.2) is 0 Å². The van der Waals surface area contributed by atoms with Crippen LogP contribution in [-0.2, 0) is 19.4 Å². The lowest BCUT2D eigenvalue weighted by Crippen LogP contribution is -2.28. The fourth-order valence-electron chi connectivity index (χ4n) is 3.39. The Labute approximate surface area is 124 Å². The minimum atomic E-state index is -2.55. The Bertz CT molecular complexity index is 555. The number of hydrogen-bond donors (Lipinski definition) is 0. The largest absolute Gasteiger partial charge is 0.290 e. The number of nitrogens with zero attached hydrogens (tertiary/aromatic N) is 3. The van der Waals surface area contributed by atoms with Crippen molar-refractivity contribution in [1.29, 1.82) is 0 Å². The highest BCUT2D eigenvalue weighted by molar-refractivity contribution is 5.29. The molecule has 1 saturated heterocycles. The summed E-state index contributed by atoms with van der Waals surface area (Å²) in [5.74, 6) is -1.85. The standard InChI is InChI=1S/C16H23F2N3/c1-11-12-8-15(2,3)5-4-13(12)20-14(19-11)9-21-7-6-16(17,18)10-21/h4-10H2,1-3H3. The highest BCUT2D eigenvalue weighted by Crippen LogP contribution is 2.35. The number of halogens is 2. The lowest BCUT2D eigenvalue weighted by Gasteiger charge is -2.31. The summed E-state index contributed by atoms with van der Waals surface area (Å²) in [6, 6.07) is 0. The molecule has 1 aliphatic heterocycles. The Morgan fingerprint density at radius 1 is 1.19 bits per heavy atom. The Kier molecular flexibility index (Phi) is 3.51. The van der Waals surface area contributed by atoms with Crippen molar-refractivity contribution in [2.24, 2.45) is 5.41 Å². The summed E-state index contributed by atoms with van der Waals surface area (Å²) in [5, 5.41) is 0. The molecular formula is C16H23F2N3. The summed E-state index contributed by atoms with van der Waals surface area (Å²) < 4.78 is 26.5. The van der Waals surface area contributed by atoms with Gasteiger partial charge in [0.2, 0.25) is 0 Å². The molecule has 1 aliphatic carbocycles. The fourth-order valence-corrected chi connectivity index (χ4v) is 3.39. The van der Waals surface area contributed by atoms with E-state index >= 15 is 0 Å². The van der Waals surface area contributed by atoms with Crippen LogP contribution in [0, 0.1) is 12.3 Å². The molecule has 0 bridgehead atoms. The molecule has 0 spiro atoms. The molecule has 0 amide bonds. The second-order valence-electron chi connectivity index (χ2n) is 7.31. The maximum Gasteiger partial charge on any atom is 0.261 e. The lowest BCUT2D eigenvalue weighted by atomic mass is 9.75. The van der Waals surface area contributed by atoms with Crippen molar-refractivity contribution >= 4 is 0 Å². The summed E-state index contributed by atoms with van der Waals surface area (Å²) in [4.78, 5) is 11.0. The third-order valence-corrected chi connectivity index (χ3v) is 4.65. The number of alkyl halides is 2. The van der Waals surface area contributed by atoms with E-state index in [0.29, 0.717) is 24.3 Å². The van der Waals surface area contributed by atoms with Gasteiger partial charge in [0.05, 0.1) is 13.1 Å². The van der Waals surface area contributed by atoms with Crippen LogP contribution in [-0.4, -0.2) is 33.9 Å². The van der Waals surface area contributed by atoms with Gasteiger partial charge < -0.3 is 0 Å². The first kappa shape index (κ1) is 14.8. The molecule has 116 valence electrons. The minimum absolute atomic E-state index is 0.0505. The highest BCUT2D eigenvalue weighted by atomic mass is 19.3. The normalized spacial score (nSPS) is 24.0. The van der Waals surface area contributed by atoms with Gasteiger partial charge in [-0.05, 0) is 37.2 Å². The lowest BCUT2D eigenvalue weighted by molar-refractivity contribution is 0.0113. The average Bonchev–Trinajstić information content (AvgIpc) is 2.69. The first-order chi connectivity index (χ1) is 9.74. The summed E-state index contributed by atoms with van der Waals surface area (Å²) in [6.45, 7) is 7.27. The van der Waals surface area contributed by atoms with Gasteiger partial charge in [0.25, 0.3) is 5.92 Å². The van der Waals surface area contributed by atoms with E-state index in [1.54, 1.807) is 4.90 Å². The molecule has 2 aliphatic rings. The second-order valence-corrected chi connectivity index (χ2v) is 7.31. The molecule has 1 aromatic rings. The van der Waals surface area contributed by atoms with Crippen molar-refractivity contribution in [3.8, 4) is 0 Å². The minimum Gasteiger partial charge on any atom is -0.290 e. The summed E-state index contributed by atoms with van der Waals surface area (Å²) >= 11 is 0. The zero-order chi connectivity index (χ0) is 15.3. The maximum atomic E-state index is 13.3. The SMILES string of the molecule is Cc1nc(CN2CCC(F)(F)C2)nc2c1CC(C)(C)CC2. The van der Waals surface area contributed by atoms with E-state index in [1.807, 2.05) is 6.92 Å². The second kappa shape index (κ2) is 4.97. The first-order valence-electron chi connectivity index (χ1n) is 7.70. The van der Waals surface area contributed by atoms with Crippen molar-refractivity contribution in [1.82, 2.24) is 14.9 Å². The zero-order valence-corrected chi connectivity index (χ0v) is 13.0. The number of aromatic nitrogens is 2. The van der Waals surface area contributed by atoms with E-state index in [0.717, 1.165) is 30.7 Å². The van der Waals surface area contributed by atoms with Gasteiger partial charge in [0, 0.05) is 24.4 Å². The van der Waals surface area contributed by atoms with E-state index in [1.165, 1.54) is 5.56 Å². The Morgan fingerprint density at radius 3 is 2.62 bits per heavy atom. The predicted molar refractivity (Wildman–Crippen MR) is 77.4 cm³/mol. The monoisotopic (exact) mass is 295 g/mol. The van der Waals surface area contributed by atoms with Crippen LogP contribution in [0.5, 0.6) is 0 Å². The van der Waals surface area contributed by atoms with Crippen molar-refractivity contribution in [3.63, 3.8) is 0 Å². The summed E-state index contributed by atoms with van der Waals surface area (Å²) in [6.07, 6.45) is 3.05. The van der Waals surface area contributed by atoms with Crippen LogP contribution in [0.3, 0.4) is 0 Å². The molecule has 1 fully saturated rings. The first-order valence-corrected chi connectivity index (χ1v) is 7.70. The number of likely N-dealkylation sites (tertiary alicyclic amines) is 1. The fraction of sp³-hybridized carbons (Fsp3) is 0.750. The van der Waals surface area contributed by atoms with Gasteiger partial charge in [-0.1, -0.05) is 13.8 Å². The van der Waals surface area contributed by atoms with Gasteiger partial charge >= 0.3 is 0 Å². The van der Waals surface area contributed by atoms with Crippen LogP contribution in [0.15, 0.2) is 0 Å². The average molecular weight is 295 g/mol. The van der Waals surface area contributed by atoms with E-state index in [4.69, 9.17) is 0 Å². The van der Waals surface area contributed by atoms with Gasteiger partial charge in [-0.25, -0.2) is 18.7 Å². The molecule has 5 heteroatoms. The summed E-state index contributed by atoms with van der Waals surface area (Å²) in [5.41, 5.74) is 3.72. The number of fused-ring (bicyclic) bond motifs is 1. The number of rotatable bonds is 2. The molecule has 3 nitrogen and oxygen atoms in total. The van der Waals surface area contributed by atoms with Crippen molar-refractivity contribution in [2.45, 2.75) is 58.9 Å². The van der Waals surface area contributed by atoms with Crippen molar-refractivity contribution < 1.29 is 8.78 Å². The van der Waals surface area contributed by atoms with Gasteiger partial charge in [-0.3, -0.25) is 4.90 Å². The molecule has 0 aromatic carbocycles. The maximum absolute atomic E-state index is 13.3. The van der Waals surface area contributed by atoms with Gasteiger partial charge in [-0.2, -0.15) is 0 Å². The molecule has 1 aromatic heterocycles. The Balaban J connectivity index is 1.78. The Morgan fingerprint density at radius 2 is 1.95 bits per heavy atom. The van der Waals surface area contributed by atoms with Crippen LogP contribution in [0.2, 0.25) is 0 Å². The molecule has 0 unspecified atom stereocenters. The van der Waals surface area contributed by atoms with Gasteiger partial charge in [0.1, 0.15) is 5.82 Å². The van der Waals surface area contributed by atoms with Crippen LogP contribution in [0.4, 0.5) is 8.78 Å². The number of hydrogen-bond acceptors (Lipinski definition) is 3. The molecule has 0 saturated carbocycles. The van der Waals surface area contributed by atoms with Crippen molar-refractivity contribution in [3.05, 3.63) is 22.8 Å². The van der Waals surface area contributed by atoms with Crippen molar-refractivity contribution in [2.75, 3.05) is 13.1 Å². The third kappa shape index (κ3) is 3.23. The Hall–Kier alpha value is -1.10.